The van der Waals surface area contributed by atoms with Crippen molar-refractivity contribution in [2.45, 2.75) is 233 Å². The van der Waals surface area contributed by atoms with Crippen molar-refractivity contribution in [3.05, 3.63) is 0 Å². The standard InChI is InChI=1S/C61H111N3O16/c1-6-10-14-18-30-54(65)73-46-22-26-50-77-58(69)34-38-63(39-35-59(70)78-51-27-23-47-74-55(66)31-19-15-11-7-2)44-42-62(5)43-45-64(40-36-60(71)79-52-28-24-48-75-56(67)32-20-16-12-8-3)41-37-61(72)80-53-29-25-49-76-57(68)33-21-17-13-9-4/h6-53H2,1-5H3. The zero-order valence-electron chi connectivity index (χ0n) is 50.8. The van der Waals surface area contributed by atoms with E-state index in [0.717, 1.165) is 103 Å². The summed E-state index contributed by atoms with van der Waals surface area (Å²) in [5.74, 6) is -2.26. The van der Waals surface area contributed by atoms with Crippen LogP contribution in [0.3, 0.4) is 0 Å². The molecule has 0 unspecified atom stereocenters. The zero-order valence-corrected chi connectivity index (χ0v) is 50.8. The molecular formula is C61H111N3O16. The maximum absolute atomic E-state index is 12.8. The lowest BCUT2D eigenvalue weighted by Crippen LogP contribution is -2.40. The van der Waals surface area contributed by atoms with Crippen LogP contribution in [0.5, 0.6) is 0 Å². The van der Waals surface area contributed by atoms with Crippen molar-refractivity contribution in [1.29, 1.82) is 0 Å². The maximum atomic E-state index is 12.8. The fourth-order valence-corrected chi connectivity index (χ4v) is 8.07. The summed E-state index contributed by atoms with van der Waals surface area (Å²) in [5.41, 5.74) is 0. The summed E-state index contributed by atoms with van der Waals surface area (Å²) in [5, 5.41) is 0. The van der Waals surface area contributed by atoms with E-state index < -0.39 is 0 Å². The Balaban J connectivity index is 5.34. The second-order valence-corrected chi connectivity index (χ2v) is 20.8. The molecule has 466 valence electrons. The Hall–Kier alpha value is -4.36. The molecule has 0 saturated carbocycles. The Morgan fingerprint density at radius 2 is 0.412 bits per heavy atom. The summed E-state index contributed by atoms with van der Waals surface area (Å²) in [6, 6.07) is 0. The average molecular weight is 1140 g/mol. The smallest absolute Gasteiger partial charge is 0.307 e. The minimum Gasteiger partial charge on any atom is -0.466 e. The van der Waals surface area contributed by atoms with E-state index in [0.29, 0.717) is 129 Å². The SMILES string of the molecule is CCCCCCC(=O)OCCCCOC(=O)CCN(CCC(=O)OCCCCOC(=O)CCCCCC)CCN(C)CCN(CCC(=O)OCCCCOC(=O)CCCCCC)CCC(=O)OCCCCOC(=O)CCCCCC. The first-order valence-corrected chi connectivity index (χ1v) is 31.2. The van der Waals surface area contributed by atoms with Gasteiger partial charge in [-0.3, -0.25) is 38.4 Å². The molecule has 0 spiro atoms. The van der Waals surface area contributed by atoms with Crippen molar-refractivity contribution >= 4 is 47.8 Å². The minimum atomic E-state index is -0.365. The van der Waals surface area contributed by atoms with Crippen molar-refractivity contribution in [3.8, 4) is 0 Å². The predicted octanol–water partition coefficient (Wildman–Crippen LogP) is 10.4. The van der Waals surface area contributed by atoms with Gasteiger partial charge in [-0.1, -0.05) is 105 Å². The molecule has 0 aliphatic carbocycles. The number of carbonyl (C=O) groups is 8. The van der Waals surface area contributed by atoms with Gasteiger partial charge in [0.05, 0.1) is 78.5 Å². The number of rotatable bonds is 58. The second kappa shape index (κ2) is 56.5. The van der Waals surface area contributed by atoms with Gasteiger partial charge in [-0.25, -0.2) is 0 Å². The first-order chi connectivity index (χ1) is 38.8. The number of unbranched alkanes of at least 4 members (excludes halogenated alkanes) is 16. The summed E-state index contributed by atoms with van der Waals surface area (Å²) in [4.78, 5) is 105. The van der Waals surface area contributed by atoms with Crippen LogP contribution in [-0.2, 0) is 76.3 Å². The number of ether oxygens (including phenoxy) is 8. The fourth-order valence-electron chi connectivity index (χ4n) is 8.07. The van der Waals surface area contributed by atoms with Crippen molar-refractivity contribution in [2.24, 2.45) is 0 Å². The first kappa shape index (κ1) is 75.6. The molecule has 0 N–H and O–H groups in total. The molecule has 0 amide bonds. The van der Waals surface area contributed by atoms with Gasteiger partial charge in [0.2, 0.25) is 0 Å². The van der Waals surface area contributed by atoms with Crippen LogP contribution < -0.4 is 0 Å². The van der Waals surface area contributed by atoms with E-state index in [4.69, 9.17) is 37.9 Å². The van der Waals surface area contributed by atoms with Gasteiger partial charge in [-0.2, -0.15) is 0 Å². The predicted molar refractivity (Wildman–Crippen MR) is 308 cm³/mol. The topological polar surface area (TPSA) is 220 Å². The van der Waals surface area contributed by atoms with Crippen LogP contribution in [0.25, 0.3) is 0 Å². The molecule has 0 bridgehead atoms. The third-order valence-electron chi connectivity index (χ3n) is 13.3. The van der Waals surface area contributed by atoms with Crippen molar-refractivity contribution < 1.29 is 76.3 Å². The molecule has 80 heavy (non-hydrogen) atoms. The number of nitrogens with zero attached hydrogens (tertiary/aromatic N) is 3. The van der Waals surface area contributed by atoms with Crippen molar-refractivity contribution in [1.82, 2.24) is 14.7 Å². The van der Waals surface area contributed by atoms with Crippen LogP contribution in [0.4, 0.5) is 0 Å². The van der Waals surface area contributed by atoms with Gasteiger partial charge in [0.25, 0.3) is 0 Å². The third kappa shape index (κ3) is 53.0. The van der Waals surface area contributed by atoms with E-state index in [1.807, 2.05) is 16.8 Å². The quantitative estimate of drug-likeness (QED) is 0.0314. The highest BCUT2D eigenvalue weighted by molar-refractivity contribution is 5.72. The molecule has 0 aromatic heterocycles. The monoisotopic (exact) mass is 1140 g/mol. The lowest BCUT2D eigenvalue weighted by atomic mass is 10.2. The van der Waals surface area contributed by atoms with E-state index in [2.05, 4.69) is 32.6 Å². The second-order valence-electron chi connectivity index (χ2n) is 20.8. The number of esters is 8. The molecule has 0 rings (SSSR count). The normalized spacial score (nSPS) is 11.2. The number of likely N-dealkylation sites (N-methyl/N-ethyl adjacent to an activating group) is 1. The molecule has 0 heterocycles. The third-order valence-corrected chi connectivity index (χ3v) is 13.3. The Morgan fingerprint density at radius 3 is 0.600 bits per heavy atom. The fraction of sp³-hybridized carbons (Fsp3) is 0.869. The Bertz CT molecular complexity index is 1370. The molecule has 0 radical (unpaired) electrons. The van der Waals surface area contributed by atoms with Crippen LogP contribution in [0.1, 0.15) is 233 Å². The molecule has 0 saturated heterocycles. The van der Waals surface area contributed by atoms with Crippen molar-refractivity contribution in [2.75, 3.05) is 112 Å². The Kier molecular flexibility index (Phi) is 53.4. The highest BCUT2D eigenvalue weighted by Gasteiger charge is 2.17. The van der Waals surface area contributed by atoms with Gasteiger partial charge in [0, 0.05) is 78.0 Å². The van der Waals surface area contributed by atoms with E-state index >= 15 is 0 Å². The van der Waals surface area contributed by atoms with Crippen LogP contribution in [-0.4, -0.2) is 175 Å². The van der Waals surface area contributed by atoms with E-state index in [-0.39, 0.29) is 126 Å². The minimum absolute atomic E-state index is 0.113. The molecule has 0 aromatic carbocycles. The molecule has 0 atom stereocenters. The van der Waals surface area contributed by atoms with Gasteiger partial charge in [0.15, 0.2) is 0 Å². The summed E-state index contributed by atoms with van der Waals surface area (Å²) >= 11 is 0. The number of hydrogen-bond donors (Lipinski definition) is 0. The van der Waals surface area contributed by atoms with Crippen LogP contribution in [0.2, 0.25) is 0 Å². The van der Waals surface area contributed by atoms with Crippen molar-refractivity contribution in [3.63, 3.8) is 0 Å². The highest BCUT2D eigenvalue weighted by Crippen LogP contribution is 2.10. The molecule has 0 fully saturated rings. The lowest BCUT2D eigenvalue weighted by Gasteiger charge is -2.27. The van der Waals surface area contributed by atoms with Crippen LogP contribution in [0.15, 0.2) is 0 Å². The molecular weight excluding hydrogens is 1030 g/mol. The summed E-state index contributed by atoms with van der Waals surface area (Å²) in [7, 11) is 1.96. The zero-order chi connectivity index (χ0) is 58.9. The number of carbonyl (C=O) groups excluding carboxylic acids is 8. The lowest BCUT2D eigenvalue weighted by molar-refractivity contribution is -0.147. The number of hydrogen-bond acceptors (Lipinski definition) is 19. The Labute approximate surface area is 482 Å². The Morgan fingerprint density at radius 1 is 0.225 bits per heavy atom. The summed E-state index contributed by atoms with van der Waals surface area (Å²) in [6.45, 7) is 14.1. The average Bonchev–Trinajstić information content (AvgIpc) is 3.44. The molecule has 0 aliphatic rings. The van der Waals surface area contributed by atoms with Gasteiger partial charge in [0.1, 0.15) is 0 Å². The molecule has 19 nitrogen and oxygen atoms in total. The highest BCUT2D eigenvalue weighted by atomic mass is 16.6. The van der Waals surface area contributed by atoms with Gasteiger partial charge >= 0.3 is 47.8 Å². The summed E-state index contributed by atoms with van der Waals surface area (Å²) in [6.07, 6.45) is 22.9. The first-order valence-electron chi connectivity index (χ1n) is 31.2. The largest absolute Gasteiger partial charge is 0.466 e. The van der Waals surface area contributed by atoms with Gasteiger partial charge in [-0.15, -0.1) is 0 Å². The molecule has 0 aliphatic heterocycles. The van der Waals surface area contributed by atoms with Gasteiger partial charge < -0.3 is 52.6 Å². The van der Waals surface area contributed by atoms with E-state index in [9.17, 15) is 38.4 Å². The van der Waals surface area contributed by atoms with Gasteiger partial charge in [-0.05, 0) is 84.1 Å². The van der Waals surface area contributed by atoms with E-state index in [1.165, 1.54) is 0 Å². The van der Waals surface area contributed by atoms with Crippen LogP contribution >= 0.6 is 0 Å². The maximum Gasteiger partial charge on any atom is 0.307 e. The molecule has 0 aromatic rings. The summed E-state index contributed by atoms with van der Waals surface area (Å²) < 4.78 is 43.2. The van der Waals surface area contributed by atoms with Crippen LogP contribution in [0, 0.1) is 0 Å². The molecule has 19 heteroatoms. The van der Waals surface area contributed by atoms with E-state index in [1.54, 1.807) is 0 Å².